The van der Waals surface area contributed by atoms with E-state index >= 15 is 0 Å². The van der Waals surface area contributed by atoms with Crippen LogP contribution in [0.3, 0.4) is 0 Å². The van der Waals surface area contributed by atoms with Crippen molar-refractivity contribution in [3.63, 3.8) is 0 Å². The summed E-state index contributed by atoms with van der Waals surface area (Å²) < 4.78 is 39.9. The van der Waals surface area contributed by atoms with Crippen molar-refractivity contribution in [1.29, 1.82) is 0 Å². The second-order valence-electron chi connectivity index (χ2n) is 4.46. The first-order valence-electron chi connectivity index (χ1n) is 6.00. The van der Waals surface area contributed by atoms with E-state index in [1.807, 2.05) is 0 Å². The van der Waals surface area contributed by atoms with Crippen LogP contribution >= 0.6 is 12.2 Å². The van der Waals surface area contributed by atoms with Crippen LogP contribution < -0.4 is 5.73 Å². The first-order valence-corrected chi connectivity index (χ1v) is 7.85. The number of hydrogen-bond acceptors (Lipinski definition) is 3. The van der Waals surface area contributed by atoms with Gasteiger partial charge in [0, 0.05) is 6.54 Å². The quantitative estimate of drug-likeness (QED) is 0.863. The van der Waals surface area contributed by atoms with Crippen LogP contribution in [0, 0.1) is 5.82 Å². The molecule has 0 radical (unpaired) electrons. The van der Waals surface area contributed by atoms with Crippen molar-refractivity contribution in [2.45, 2.75) is 30.2 Å². The van der Waals surface area contributed by atoms with Crippen molar-refractivity contribution < 1.29 is 12.8 Å². The molecule has 1 aromatic carbocycles. The summed E-state index contributed by atoms with van der Waals surface area (Å²) in [6.45, 7) is 0.318. The van der Waals surface area contributed by atoms with Crippen LogP contribution in [0.25, 0.3) is 0 Å². The average molecular weight is 302 g/mol. The number of nitrogens with two attached hydrogens (primary N) is 1. The zero-order chi connectivity index (χ0) is 14.0. The Balaban J connectivity index is 2.43. The number of nitrogens with zero attached hydrogens (tertiary/aromatic N) is 1. The Hall–Kier alpha value is -1.05. The summed E-state index contributed by atoms with van der Waals surface area (Å²) in [7, 11) is -3.90. The Kier molecular flexibility index (Phi) is 4.17. The molecule has 0 aliphatic carbocycles. The van der Waals surface area contributed by atoms with Crippen molar-refractivity contribution in [1.82, 2.24) is 4.31 Å². The maximum atomic E-state index is 13.7. The second kappa shape index (κ2) is 5.52. The fourth-order valence-corrected chi connectivity index (χ4v) is 4.31. The third-order valence-electron chi connectivity index (χ3n) is 3.21. The lowest BCUT2D eigenvalue weighted by Gasteiger charge is -2.33. The number of piperidine rings is 1. The smallest absolute Gasteiger partial charge is 0.246 e. The zero-order valence-corrected chi connectivity index (χ0v) is 11.9. The molecule has 1 saturated heterocycles. The Morgan fingerprint density at radius 3 is 2.68 bits per heavy atom. The highest BCUT2D eigenvalue weighted by Crippen LogP contribution is 2.26. The van der Waals surface area contributed by atoms with E-state index in [9.17, 15) is 12.8 Å². The molecule has 0 aromatic heterocycles. The molecular formula is C12H15FN2O2S2. The van der Waals surface area contributed by atoms with Gasteiger partial charge in [-0.25, -0.2) is 12.8 Å². The van der Waals surface area contributed by atoms with Gasteiger partial charge in [-0.05, 0) is 25.0 Å². The molecule has 2 rings (SSSR count). The van der Waals surface area contributed by atoms with Gasteiger partial charge in [0.1, 0.15) is 10.7 Å². The molecule has 1 unspecified atom stereocenters. The Morgan fingerprint density at radius 1 is 1.37 bits per heavy atom. The minimum Gasteiger partial charge on any atom is -0.392 e. The van der Waals surface area contributed by atoms with Crippen LogP contribution in [-0.4, -0.2) is 30.3 Å². The number of hydrogen-bond donors (Lipinski definition) is 1. The fraction of sp³-hybridized carbons (Fsp3) is 0.417. The summed E-state index contributed by atoms with van der Waals surface area (Å²) in [6, 6.07) is 4.82. The zero-order valence-electron chi connectivity index (χ0n) is 10.3. The predicted octanol–water partition coefficient (Wildman–Crippen LogP) is 1.66. The number of rotatable bonds is 3. The summed E-state index contributed by atoms with van der Waals surface area (Å²) >= 11 is 4.92. The third-order valence-corrected chi connectivity index (χ3v) is 5.42. The van der Waals surface area contributed by atoms with Gasteiger partial charge in [-0.1, -0.05) is 30.8 Å². The van der Waals surface area contributed by atoms with Gasteiger partial charge in [-0.15, -0.1) is 0 Å². The van der Waals surface area contributed by atoms with E-state index in [0.717, 1.165) is 18.9 Å². The third kappa shape index (κ3) is 2.77. The number of halogens is 1. The van der Waals surface area contributed by atoms with Crippen LogP contribution in [0.4, 0.5) is 4.39 Å². The van der Waals surface area contributed by atoms with Gasteiger partial charge >= 0.3 is 0 Å². The molecule has 1 heterocycles. The van der Waals surface area contributed by atoms with E-state index in [2.05, 4.69) is 0 Å². The van der Waals surface area contributed by atoms with Gasteiger partial charge in [-0.3, -0.25) is 0 Å². The van der Waals surface area contributed by atoms with E-state index in [4.69, 9.17) is 18.0 Å². The lowest BCUT2D eigenvalue weighted by molar-refractivity contribution is 0.305. The Morgan fingerprint density at radius 2 is 2.05 bits per heavy atom. The van der Waals surface area contributed by atoms with Crippen LogP contribution in [0.5, 0.6) is 0 Å². The maximum Gasteiger partial charge on any atom is 0.246 e. The average Bonchev–Trinajstić information content (AvgIpc) is 2.39. The Bertz CT molecular complexity index is 589. The summed E-state index contributed by atoms with van der Waals surface area (Å²) in [5.41, 5.74) is 5.60. The molecule has 19 heavy (non-hydrogen) atoms. The first-order chi connectivity index (χ1) is 8.94. The van der Waals surface area contributed by atoms with Crippen LogP contribution in [0.2, 0.25) is 0 Å². The number of benzene rings is 1. The minimum atomic E-state index is -3.90. The minimum absolute atomic E-state index is 0.139. The standard InChI is InChI=1S/C12H15FN2O2S2/c13-9-5-1-2-7-11(9)19(16,17)15-8-4-3-6-10(15)12(14)18/h1-2,5,7,10H,3-4,6,8H2,(H2,14,18). The number of thiocarbonyl (C=S) groups is 1. The van der Waals surface area contributed by atoms with E-state index in [0.29, 0.717) is 13.0 Å². The topological polar surface area (TPSA) is 63.4 Å². The van der Waals surface area contributed by atoms with Crippen LogP contribution in [0.1, 0.15) is 19.3 Å². The molecule has 1 aromatic rings. The van der Waals surface area contributed by atoms with E-state index in [1.165, 1.54) is 22.5 Å². The fourth-order valence-electron chi connectivity index (χ4n) is 2.26. The lowest BCUT2D eigenvalue weighted by Crippen LogP contribution is -2.49. The van der Waals surface area contributed by atoms with Gasteiger partial charge < -0.3 is 5.73 Å². The van der Waals surface area contributed by atoms with Crippen molar-refractivity contribution >= 4 is 27.2 Å². The highest BCUT2D eigenvalue weighted by Gasteiger charge is 2.36. The van der Waals surface area contributed by atoms with Crippen LogP contribution in [0.15, 0.2) is 29.2 Å². The van der Waals surface area contributed by atoms with Gasteiger partial charge in [0.2, 0.25) is 10.0 Å². The van der Waals surface area contributed by atoms with Crippen molar-refractivity contribution in [3.8, 4) is 0 Å². The molecular weight excluding hydrogens is 287 g/mol. The normalized spacial score (nSPS) is 21.2. The molecule has 2 N–H and O–H groups in total. The molecule has 1 fully saturated rings. The molecule has 7 heteroatoms. The summed E-state index contributed by atoms with van der Waals surface area (Å²) in [6.07, 6.45) is 2.18. The molecule has 1 aliphatic heterocycles. The molecule has 104 valence electrons. The van der Waals surface area contributed by atoms with Gasteiger partial charge in [0.05, 0.1) is 11.0 Å². The van der Waals surface area contributed by atoms with Gasteiger partial charge in [-0.2, -0.15) is 4.31 Å². The van der Waals surface area contributed by atoms with Crippen LogP contribution in [-0.2, 0) is 10.0 Å². The lowest BCUT2D eigenvalue weighted by atomic mass is 10.1. The summed E-state index contributed by atoms with van der Waals surface area (Å²) in [5.74, 6) is -0.755. The van der Waals surface area contributed by atoms with E-state index < -0.39 is 21.9 Å². The molecule has 1 aliphatic rings. The maximum absolute atomic E-state index is 13.7. The van der Waals surface area contributed by atoms with Gasteiger partial charge in [0.15, 0.2) is 0 Å². The highest BCUT2D eigenvalue weighted by atomic mass is 32.2. The summed E-state index contributed by atoms with van der Waals surface area (Å²) in [5, 5.41) is 0. The monoisotopic (exact) mass is 302 g/mol. The summed E-state index contributed by atoms with van der Waals surface area (Å²) in [4.78, 5) is -0.183. The second-order valence-corrected chi connectivity index (χ2v) is 6.79. The molecule has 4 nitrogen and oxygen atoms in total. The highest BCUT2D eigenvalue weighted by molar-refractivity contribution is 7.89. The molecule has 0 amide bonds. The molecule has 0 saturated carbocycles. The first kappa shape index (κ1) is 14.4. The van der Waals surface area contributed by atoms with Gasteiger partial charge in [0.25, 0.3) is 0 Å². The van der Waals surface area contributed by atoms with Crippen molar-refractivity contribution in [2.24, 2.45) is 5.73 Å². The molecule has 1 atom stereocenters. The Labute approximate surface area is 117 Å². The largest absolute Gasteiger partial charge is 0.392 e. The van der Waals surface area contributed by atoms with Crippen molar-refractivity contribution in [3.05, 3.63) is 30.1 Å². The predicted molar refractivity (Wildman–Crippen MR) is 74.7 cm³/mol. The van der Waals surface area contributed by atoms with Crippen molar-refractivity contribution in [2.75, 3.05) is 6.54 Å². The molecule has 0 spiro atoms. The SMILES string of the molecule is NC(=S)C1CCCCN1S(=O)(=O)c1ccccc1F. The van der Waals surface area contributed by atoms with E-state index in [-0.39, 0.29) is 9.88 Å². The van der Waals surface area contributed by atoms with E-state index in [1.54, 1.807) is 0 Å². The molecule has 0 bridgehead atoms. The number of sulfonamides is 1.